The molecule has 3 aromatic carbocycles. The number of aromatic nitrogens is 2. The summed E-state index contributed by atoms with van der Waals surface area (Å²) in [6.07, 6.45) is 3.17. The number of carbonyl (C=O) groups excluding carboxylic acids is 1. The van der Waals surface area contributed by atoms with E-state index in [1.54, 1.807) is 48.8 Å². The van der Waals surface area contributed by atoms with Gasteiger partial charge < -0.3 is 10.5 Å². The van der Waals surface area contributed by atoms with Crippen molar-refractivity contribution in [2.75, 3.05) is 10.4 Å². The Morgan fingerprint density at radius 1 is 1.11 bits per heavy atom. The number of ketones is 1. The zero-order chi connectivity index (χ0) is 24.4. The minimum atomic E-state index is -0.333. The van der Waals surface area contributed by atoms with Gasteiger partial charge in [0.1, 0.15) is 5.69 Å². The number of aromatic hydroxyl groups is 1. The Morgan fingerprint density at radius 3 is 2.57 bits per heavy atom. The number of phenols is 1. The fourth-order valence-corrected chi connectivity index (χ4v) is 3.93. The maximum atomic E-state index is 13.2. The molecule has 2 heterocycles. The molecule has 0 amide bonds. The SMILES string of the molecule is C[C@@H]1NN(c2ncccn2)C(=NNc2c(O)c(C(=O)c3ccccc3)cc3ccccc23)C1=C=[N-]. The number of nitrogens with one attached hydrogen (secondary N) is 2. The summed E-state index contributed by atoms with van der Waals surface area (Å²) >= 11 is 0. The van der Waals surface area contributed by atoms with Crippen LogP contribution < -0.4 is 15.9 Å². The number of carbonyl (C=O) groups is 1. The summed E-state index contributed by atoms with van der Waals surface area (Å²) < 4.78 is 0. The minimum absolute atomic E-state index is 0.142. The zero-order valence-electron chi connectivity index (χ0n) is 18.7. The molecule has 1 fully saturated rings. The molecule has 35 heavy (non-hydrogen) atoms. The molecule has 9 nitrogen and oxygen atoms in total. The number of hydrogen-bond acceptors (Lipinski definition) is 7. The molecule has 0 saturated carbocycles. The molecule has 1 aliphatic rings. The van der Waals surface area contributed by atoms with E-state index in [2.05, 4.69) is 31.8 Å². The second-order valence-electron chi connectivity index (χ2n) is 7.87. The number of amidine groups is 1. The van der Waals surface area contributed by atoms with Gasteiger partial charge in [-0.05, 0) is 24.4 Å². The lowest BCUT2D eigenvalue weighted by atomic mass is 9.97. The maximum Gasteiger partial charge on any atom is 0.246 e. The van der Waals surface area contributed by atoms with Gasteiger partial charge in [-0.25, -0.2) is 20.4 Å². The van der Waals surface area contributed by atoms with E-state index < -0.39 is 0 Å². The Bertz CT molecular complexity index is 1500. The minimum Gasteiger partial charge on any atom is -0.763 e. The van der Waals surface area contributed by atoms with Gasteiger partial charge in [-0.2, -0.15) is 5.10 Å². The molecule has 4 aromatic rings. The van der Waals surface area contributed by atoms with Crippen molar-refractivity contribution in [1.82, 2.24) is 15.4 Å². The van der Waals surface area contributed by atoms with Gasteiger partial charge >= 0.3 is 0 Å². The summed E-state index contributed by atoms with van der Waals surface area (Å²) in [5, 5.41) is 28.3. The van der Waals surface area contributed by atoms with Gasteiger partial charge in [-0.1, -0.05) is 54.6 Å². The molecule has 0 bridgehead atoms. The van der Waals surface area contributed by atoms with Crippen LogP contribution in [0.25, 0.3) is 16.2 Å². The van der Waals surface area contributed by atoms with E-state index in [1.165, 1.54) is 5.01 Å². The highest BCUT2D eigenvalue weighted by atomic mass is 16.3. The van der Waals surface area contributed by atoms with Crippen LogP contribution in [0.1, 0.15) is 22.8 Å². The number of hydrazone groups is 1. The third-order valence-corrected chi connectivity index (χ3v) is 5.66. The third kappa shape index (κ3) is 4.02. The molecular weight excluding hydrogens is 442 g/mol. The van der Waals surface area contributed by atoms with Crippen LogP contribution >= 0.6 is 0 Å². The van der Waals surface area contributed by atoms with E-state index in [1.807, 2.05) is 37.3 Å². The van der Waals surface area contributed by atoms with Crippen molar-refractivity contribution in [3.63, 3.8) is 0 Å². The van der Waals surface area contributed by atoms with Crippen LogP contribution in [0.2, 0.25) is 0 Å². The van der Waals surface area contributed by atoms with Crippen molar-refractivity contribution in [1.29, 1.82) is 0 Å². The lowest BCUT2D eigenvalue weighted by Gasteiger charge is -2.17. The molecular formula is C26H20N7O2-. The molecule has 1 aliphatic heterocycles. The molecule has 1 atom stereocenters. The number of hydrogen-bond donors (Lipinski definition) is 3. The number of fused-ring (bicyclic) bond motifs is 1. The Kier molecular flexibility index (Phi) is 5.76. The first-order valence-electron chi connectivity index (χ1n) is 10.9. The average Bonchev–Trinajstić information content (AvgIpc) is 3.23. The van der Waals surface area contributed by atoms with Crippen molar-refractivity contribution in [2.24, 2.45) is 5.10 Å². The number of phenolic OH excluding ortho intramolecular Hbond substituents is 1. The van der Waals surface area contributed by atoms with Crippen molar-refractivity contribution in [3.05, 3.63) is 101 Å². The summed E-state index contributed by atoms with van der Waals surface area (Å²) in [6.45, 7) is 1.82. The highest BCUT2D eigenvalue weighted by Crippen LogP contribution is 2.37. The summed E-state index contributed by atoms with van der Waals surface area (Å²) in [5.41, 5.74) is 7.24. The smallest absolute Gasteiger partial charge is 0.246 e. The second kappa shape index (κ2) is 9.18. The molecule has 0 unspecified atom stereocenters. The van der Waals surface area contributed by atoms with Gasteiger partial charge in [0.2, 0.25) is 5.95 Å². The maximum absolute atomic E-state index is 13.2. The van der Waals surface area contributed by atoms with Gasteiger partial charge in [0.05, 0.1) is 11.6 Å². The van der Waals surface area contributed by atoms with Crippen LogP contribution in [0.5, 0.6) is 5.75 Å². The van der Waals surface area contributed by atoms with Crippen LogP contribution in [0.4, 0.5) is 11.6 Å². The Morgan fingerprint density at radius 2 is 1.83 bits per heavy atom. The predicted octanol–water partition coefficient (Wildman–Crippen LogP) is 3.87. The normalized spacial score (nSPS) is 16.5. The summed E-state index contributed by atoms with van der Waals surface area (Å²) in [5.74, 6) is 2.19. The summed E-state index contributed by atoms with van der Waals surface area (Å²) in [6, 6.07) is 19.1. The van der Waals surface area contributed by atoms with Crippen molar-refractivity contribution in [3.8, 4) is 5.75 Å². The van der Waals surface area contributed by atoms with Crippen molar-refractivity contribution < 1.29 is 9.90 Å². The van der Waals surface area contributed by atoms with E-state index in [0.717, 1.165) is 5.39 Å². The summed E-state index contributed by atoms with van der Waals surface area (Å²) in [4.78, 5) is 21.7. The van der Waals surface area contributed by atoms with E-state index in [4.69, 9.17) is 0 Å². The third-order valence-electron chi connectivity index (χ3n) is 5.66. The van der Waals surface area contributed by atoms with Gasteiger partial charge in [0.15, 0.2) is 17.4 Å². The predicted molar refractivity (Wildman–Crippen MR) is 136 cm³/mol. The van der Waals surface area contributed by atoms with E-state index in [0.29, 0.717) is 22.5 Å². The highest BCUT2D eigenvalue weighted by Gasteiger charge is 2.32. The standard InChI is InChI=1S/C26H20N7O2/c1-16-21(15-27)25(33(32-16)26-28-12-7-13-29-26)31-30-22-19-11-6-5-10-18(19)14-20(24(22)35)23(34)17-8-3-2-4-9-17/h2-14,16,30,32,35H,1H3/q-1/t16-/m0/s1. The molecule has 0 aliphatic carbocycles. The lowest BCUT2D eigenvalue weighted by molar-refractivity contribution is 0.103. The molecule has 1 saturated heterocycles. The van der Waals surface area contributed by atoms with E-state index >= 15 is 0 Å². The van der Waals surface area contributed by atoms with Crippen LogP contribution in [0, 0.1) is 0 Å². The quantitative estimate of drug-likeness (QED) is 0.178. The number of nitrogens with zero attached hydrogens (tertiary/aromatic N) is 5. The summed E-state index contributed by atoms with van der Waals surface area (Å²) in [7, 11) is 0. The van der Waals surface area contributed by atoms with Gasteiger partial charge in [0.25, 0.3) is 0 Å². The molecule has 0 radical (unpaired) electrons. The average molecular weight is 462 g/mol. The monoisotopic (exact) mass is 462 g/mol. The molecule has 5 rings (SSSR count). The van der Waals surface area contributed by atoms with Gasteiger partial charge in [-0.15, -0.1) is 0 Å². The highest BCUT2D eigenvalue weighted by molar-refractivity contribution is 6.18. The largest absolute Gasteiger partial charge is 0.763 e. The first kappa shape index (κ1) is 22.0. The number of hydrazine groups is 1. The first-order chi connectivity index (χ1) is 17.1. The Balaban J connectivity index is 1.62. The van der Waals surface area contributed by atoms with E-state index in [-0.39, 0.29) is 34.7 Å². The number of benzene rings is 3. The van der Waals surface area contributed by atoms with Gasteiger partial charge in [-0.3, -0.25) is 16.1 Å². The zero-order valence-corrected chi connectivity index (χ0v) is 18.7. The first-order valence-corrected chi connectivity index (χ1v) is 10.9. The van der Waals surface area contributed by atoms with Crippen LogP contribution in [-0.4, -0.2) is 38.6 Å². The molecule has 3 N–H and O–H groups in total. The topological polar surface area (TPSA) is 125 Å². The van der Waals surface area contributed by atoms with Crippen LogP contribution in [0.3, 0.4) is 0 Å². The molecule has 0 spiro atoms. The fourth-order valence-electron chi connectivity index (χ4n) is 3.93. The number of rotatable bonds is 5. The van der Waals surface area contributed by atoms with Gasteiger partial charge in [0, 0.05) is 28.9 Å². The molecule has 1 aromatic heterocycles. The molecule has 9 heteroatoms. The Hall–Kier alpha value is -4.85. The lowest BCUT2D eigenvalue weighted by Crippen LogP contribution is -2.38. The van der Waals surface area contributed by atoms with Crippen LogP contribution in [0.15, 0.2) is 89.8 Å². The van der Waals surface area contributed by atoms with Crippen molar-refractivity contribution >= 4 is 39.9 Å². The second-order valence-corrected chi connectivity index (χ2v) is 7.87. The molecule has 172 valence electrons. The Labute approximate surface area is 200 Å². The fraction of sp³-hybridized carbons (Fsp3) is 0.0769. The van der Waals surface area contributed by atoms with E-state index in [9.17, 15) is 15.3 Å². The number of anilines is 2. The van der Waals surface area contributed by atoms with Crippen LogP contribution in [-0.2, 0) is 0 Å². The van der Waals surface area contributed by atoms with Crippen molar-refractivity contribution in [2.45, 2.75) is 13.0 Å².